The summed E-state index contributed by atoms with van der Waals surface area (Å²) >= 11 is 0. The maximum atomic E-state index is 6.77. The van der Waals surface area contributed by atoms with Gasteiger partial charge in [0.2, 0.25) is 0 Å². The molecule has 10 radical (unpaired) electrons. The van der Waals surface area contributed by atoms with Crippen molar-refractivity contribution in [3.63, 3.8) is 0 Å². The number of hydrogen-bond acceptors (Lipinski definition) is 0. The predicted octanol–water partition coefficient (Wildman–Crippen LogP) is 5.00. The Kier molecular flexibility index (Phi) is 5.46. The van der Waals surface area contributed by atoms with Crippen LogP contribution in [-0.2, 0) is 0 Å². The third-order valence-corrected chi connectivity index (χ3v) is 10.8. The lowest BCUT2D eigenvalue weighted by Gasteiger charge is -2.24. The van der Waals surface area contributed by atoms with Crippen molar-refractivity contribution in [3.8, 4) is 11.4 Å². The van der Waals surface area contributed by atoms with Gasteiger partial charge in [0.05, 0.1) is 44.3 Å². The highest BCUT2D eigenvalue weighted by Gasteiger charge is 2.25. The lowest BCUT2D eigenvalue weighted by Crippen LogP contribution is -2.56. The molecule has 8 heteroatoms. The molecule has 7 aromatic carbocycles. The molecule has 0 fully saturated rings. The number of benzene rings is 7. The summed E-state index contributed by atoms with van der Waals surface area (Å²) in [5.74, 6) is 0. The lowest BCUT2D eigenvalue weighted by molar-refractivity contribution is 1.14. The summed E-state index contributed by atoms with van der Waals surface area (Å²) < 4.78 is 6.90. The van der Waals surface area contributed by atoms with E-state index in [1.807, 2.05) is 12.1 Å². The molecule has 0 N–H and O–H groups in total. The summed E-state index contributed by atoms with van der Waals surface area (Å²) in [6.45, 7) is 0. The standard InChI is InChI=1S/C42H20B5N3/c43-35-36(44)38(46)42(39(47)37(35)45)50-28-16-5-2-10-22(28)24-13-8-18-32(41(24)50)48-29-17-6-3-11-25(29)33-30(48)19-20-31-34(33)26-14-7-12-23-21-9-1-4-15-27(21)49(31)40(23)26/h1-20H. The van der Waals surface area contributed by atoms with E-state index >= 15 is 0 Å². The van der Waals surface area contributed by atoms with Crippen LogP contribution in [0.1, 0.15) is 0 Å². The molecule has 0 unspecified atom stereocenters. The number of fused-ring (bicyclic) bond motifs is 13. The van der Waals surface area contributed by atoms with Crippen LogP contribution in [0.25, 0.3) is 93.1 Å². The summed E-state index contributed by atoms with van der Waals surface area (Å²) in [5, 5.41) is 9.48. The first-order valence-electron chi connectivity index (χ1n) is 16.6. The van der Waals surface area contributed by atoms with Crippen molar-refractivity contribution >= 4 is 148 Å². The van der Waals surface area contributed by atoms with Gasteiger partial charge in [-0.05, 0) is 36.4 Å². The van der Waals surface area contributed by atoms with Gasteiger partial charge in [0.25, 0.3) is 0 Å². The summed E-state index contributed by atoms with van der Waals surface area (Å²) in [6.07, 6.45) is 0. The van der Waals surface area contributed by atoms with Gasteiger partial charge in [-0.25, -0.2) is 0 Å². The van der Waals surface area contributed by atoms with Crippen LogP contribution in [-0.4, -0.2) is 52.8 Å². The topological polar surface area (TPSA) is 14.3 Å². The summed E-state index contributed by atoms with van der Waals surface area (Å²) in [6, 6.07) is 43.2. The molecule has 0 bridgehead atoms. The molecule has 0 saturated carbocycles. The van der Waals surface area contributed by atoms with E-state index in [0.29, 0.717) is 5.69 Å². The maximum Gasteiger partial charge on any atom is 0.115 e. The van der Waals surface area contributed by atoms with Crippen molar-refractivity contribution in [2.75, 3.05) is 0 Å². The molecular formula is C42H20B5N3. The van der Waals surface area contributed by atoms with E-state index in [4.69, 9.17) is 39.2 Å². The highest BCUT2D eigenvalue weighted by molar-refractivity contribution is 6.68. The van der Waals surface area contributed by atoms with Crippen molar-refractivity contribution in [1.82, 2.24) is 13.5 Å². The molecule has 50 heavy (non-hydrogen) atoms. The van der Waals surface area contributed by atoms with E-state index in [0.717, 1.165) is 38.5 Å². The second kappa shape index (κ2) is 9.70. The molecule has 218 valence electrons. The third kappa shape index (κ3) is 3.27. The molecule has 3 nitrogen and oxygen atoms in total. The zero-order chi connectivity index (χ0) is 33.6. The highest BCUT2D eigenvalue weighted by Crippen LogP contribution is 2.46. The molecule has 4 aromatic heterocycles. The first kappa shape index (κ1) is 28.1. The minimum absolute atomic E-state index is 0.189. The van der Waals surface area contributed by atoms with E-state index in [1.54, 1.807) is 0 Å². The average molecular weight is 621 g/mol. The van der Waals surface area contributed by atoms with Gasteiger partial charge in [0.1, 0.15) is 39.2 Å². The molecule has 0 saturated heterocycles. The van der Waals surface area contributed by atoms with E-state index in [2.05, 4.69) is 123 Å². The number of aromatic nitrogens is 3. The number of rotatable bonds is 2. The van der Waals surface area contributed by atoms with Crippen molar-refractivity contribution in [1.29, 1.82) is 0 Å². The fraction of sp³-hybridized carbons (Fsp3) is 0. The lowest BCUT2D eigenvalue weighted by atomic mass is 9.61. The van der Waals surface area contributed by atoms with Crippen LogP contribution in [0, 0.1) is 0 Å². The fourth-order valence-corrected chi connectivity index (χ4v) is 8.73. The van der Waals surface area contributed by atoms with Crippen LogP contribution in [0.2, 0.25) is 0 Å². The number of nitrogens with zero attached hydrogens (tertiary/aromatic N) is 3. The van der Waals surface area contributed by atoms with Crippen LogP contribution in [0.15, 0.2) is 121 Å². The van der Waals surface area contributed by atoms with Crippen LogP contribution < -0.4 is 27.3 Å². The number of hydrogen-bond donors (Lipinski definition) is 0. The zero-order valence-corrected chi connectivity index (χ0v) is 26.8. The van der Waals surface area contributed by atoms with Gasteiger partial charge in [0.15, 0.2) is 0 Å². The molecule has 0 amide bonds. The second-order valence-corrected chi connectivity index (χ2v) is 13.2. The van der Waals surface area contributed by atoms with Crippen molar-refractivity contribution in [2.24, 2.45) is 0 Å². The summed E-state index contributed by atoms with van der Waals surface area (Å²) in [5.41, 5.74) is 10.4. The minimum Gasteiger partial charge on any atom is -0.308 e. The molecule has 0 aliphatic heterocycles. The van der Waals surface area contributed by atoms with Gasteiger partial charge < -0.3 is 13.5 Å². The Labute approximate surface area is 293 Å². The molecule has 0 spiro atoms. The smallest absolute Gasteiger partial charge is 0.115 e. The van der Waals surface area contributed by atoms with Gasteiger partial charge in [-0.3, -0.25) is 0 Å². The van der Waals surface area contributed by atoms with Crippen molar-refractivity contribution in [2.45, 2.75) is 0 Å². The monoisotopic (exact) mass is 621 g/mol. The van der Waals surface area contributed by atoms with Crippen molar-refractivity contribution in [3.05, 3.63) is 121 Å². The third-order valence-electron chi connectivity index (χ3n) is 10.8. The van der Waals surface area contributed by atoms with Crippen LogP contribution in [0.4, 0.5) is 0 Å². The highest BCUT2D eigenvalue weighted by atomic mass is 15.1. The molecular weight excluding hydrogens is 601 g/mol. The minimum atomic E-state index is 0.189. The molecule has 4 heterocycles. The Morgan fingerprint density at radius 3 is 1.52 bits per heavy atom. The Bertz CT molecular complexity index is 3250. The number of para-hydroxylation sites is 5. The summed E-state index contributed by atoms with van der Waals surface area (Å²) in [7, 11) is 32.7. The first-order chi connectivity index (χ1) is 24.5. The molecule has 0 aliphatic carbocycles. The van der Waals surface area contributed by atoms with E-state index in [-0.39, 0.29) is 27.3 Å². The van der Waals surface area contributed by atoms with Gasteiger partial charge in [-0.2, -0.15) is 0 Å². The van der Waals surface area contributed by atoms with E-state index < -0.39 is 0 Å². The Balaban J connectivity index is 1.35. The molecule has 0 aliphatic rings. The Hall–Kier alpha value is -5.74. The SMILES string of the molecule is [B]c1c([B])c([B])c(-n2c3ccccc3c3cccc(-n4c5ccccc5c5c6c7cccc8c9ccccc9n(c6ccc54)c87)c32)c([B])c1[B]. The van der Waals surface area contributed by atoms with Crippen LogP contribution in [0.3, 0.4) is 0 Å². The van der Waals surface area contributed by atoms with Gasteiger partial charge in [-0.1, -0.05) is 95.9 Å². The molecule has 0 atom stereocenters. The van der Waals surface area contributed by atoms with E-state index in [1.165, 1.54) is 48.9 Å². The van der Waals surface area contributed by atoms with Gasteiger partial charge in [0, 0.05) is 48.8 Å². The fourth-order valence-electron chi connectivity index (χ4n) is 8.73. The van der Waals surface area contributed by atoms with Gasteiger partial charge in [-0.15, -0.1) is 16.4 Å². The maximum absolute atomic E-state index is 6.77. The van der Waals surface area contributed by atoms with Crippen LogP contribution in [0.5, 0.6) is 0 Å². The Morgan fingerprint density at radius 2 is 0.800 bits per heavy atom. The second-order valence-electron chi connectivity index (χ2n) is 13.2. The molecule has 11 rings (SSSR count). The summed E-state index contributed by atoms with van der Waals surface area (Å²) in [4.78, 5) is 0. The van der Waals surface area contributed by atoms with E-state index in [9.17, 15) is 0 Å². The van der Waals surface area contributed by atoms with Gasteiger partial charge >= 0.3 is 0 Å². The predicted molar refractivity (Wildman–Crippen MR) is 217 cm³/mol. The normalized spacial score (nSPS) is 12.4. The zero-order valence-electron chi connectivity index (χ0n) is 26.8. The van der Waals surface area contributed by atoms with Crippen molar-refractivity contribution < 1.29 is 0 Å². The quantitative estimate of drug-likeness (QED) is 0.242. The Morgan fingerprint density at radius 1 is 0.320 bits per heavy atom. The first-order valence-corrected chi connectivity index (χ1v) is 16.6. The van der Waals surface area contributed by atoms with Crippen LogP contribution >= 0.6 is 0 Å². The molecule has 11 aromatic rings. The largest absolute Gasteiger partial charge is 0.308 e. The average Bonchev–Trinajstić information content (AvgIpc) is 3.88.